The number of nitrogens with zero attached hydrogens (tertiary/aromatic N) is 3. The Morgan fingerprint density at radius 1 is 1.42 bits per heavy atom. The summed E-state index contributed by atoms with van der Waals surface area (Å²) in [7, 11) is 0. The first kappa shape index (κ1) is 14.0. The van der Waals surface area contributed by atoms with Crippen molar-refractivity contribution in [2.45, 2.75) is 19.3 Å². The molecular formula is C12H17N3O3S. The fourth-order valence-electron chi connectivity index (χ4n) is 2.00. The molecule has 0 aromatic carbocycles. The van der Waals surface area contributed by atoms with Gasteiger partial charge in [0.05, 0.1) is 16.0 Å². The molecule has 19 heavy (non-hydrogen) atoms. The van der Waals surface area contributed by atoms with Gasteiger partial charge in [0.2, 0.25) is 0 Å². The molecule has 104 valence electrons. The van der Waals surface area contributed by atoms with Crippen LogP contribution in [-0.4, -0.2) is 42.3 Å². The summed E-state index contributed by atoms with van der Waals surface area (Å²) in [6, 6.07) is 3.14. The smallest absolute Gasteiger partial charge is 0.324 e. The second-order valence-electron chi connectivity index (χ2n) is 4.40. The molecule has 0 amide bonds. The van der Waals surface area contributed by atoms with Crippen LogP contribution in [0.4, 0.5) is 5.00 Å². The summed E-state index contributed by atoms with van der Waals surface area (Å²) >= 11 is 1.09. The first-order valence-electron chi connectivity index (χ1n) is 6.37. The van der Waals surface area contributed by atoms with Gasteiger partial charge in [-0.2, -0.15) is 0 Å². The molecule has 1 saturated heterocycles. The van der Waals surface area contributed by atoms with Crippen LogP contribution in [0.1, 0.15) is 24.1 Å². The predicted molar refractivity (Wildman–Crippen MR) is 74.8 cm³/mol. The lowest BCUT2D eigenvalue weighted by Crippen LogP contribution is -2.32. The van der Waals surface area contributed by atoms with Crippen molar-refractivity contribution < 1.29 is 9.76 Å². The van der Waals surface area contributed by atoms with Crippen LogP contribution in [0.5, 0.6) is 0 Å². The van der Waals surface area contributed by atoms with E-state index in [0.29, 0.717) is 6.61 Å². The van der Waals surface area contributed by atoms with E-state index >= 15 is 0 Å². The molecule has 0 bridgehead atoms. The Morgan fingerprint density at radius 2 is 2.21 bits per heavy atom. The molecule has 0 spiro atoms. The Kier molecular flexibility index (Phi) is 5.29. The van der Waals surface area contributed by atoms with E-state index in [4.69, 9.17) is 4.84 Å². The zero-order valence-corrected chi connectivity index (χ0v) is 11.5. The lowest BCUT2D eigenvalue weighted by Gasteiger charge is -2.25. The highest BCUT2D eigenvalue weighted by Crippen LogP contribution is 2.22. The van der Waals surface area contributed by atoms with E-state index in [0.717, 1.165) is 35.8 Å². The summed E-state index contributed by atoms with van der Waals surface area (Å²) < 4.78 is 0. The second kappa shape index (κ2) is 7.20. The highest BCUT2D eigenvalue weighted by Gasteiger charge is 2.09. The van der Waals surface area contributed by atoms with Crippen LogP contribution in [0.15, 0.2) is 17.3 Å². The summed E-state index contributed by atoms with van der Waals surface area (Å²) in [4.78, 5) is 18.4. The maximum Gasteiger partial charge on any atom is 0.324 e. The number of rotatable bonds is 6. The minimum absolute atomic E-state index is 0.120. The molecule has 2 rings (SSSR count). The predicted octanol–water partition coefficient (Wildman–Crippen LogP) is 2.49. The van der Waals surface area contributed by atoms with E-state index in [2.05, 4.69) is 10.1 Å². The molecule has 7 heteroatoms. The molecule has 6 nitrogen and oxygen atoms in total. The van der Waals surface area contributed by atoms with Gasteiger partial charge in [0.15, 0.2) is 0 Å². The lowest BCUT2D eigenvalue weighted by molar-refractivity contribution is -0.380. The molecule has 2 heterocycles. The second-order valence-corrected chi connectivity index (χ2v) is 5.50. The van der Waals surface area contributed by atoms with Gasteiger partial charge in [0.1, 0.15) is 6.61 Å². The van der Waals surface area contributed by atoms with Crippen molar-refractivity contribution in [1.82, 2.24) is 4.90 Å². The lowest BCUT2D eigenvalue weighted by atomic mass is 10.1. The third kappa shape index (κ3) is 4.60. The number of oxime groups is 1. The van der Waals surface area contributed by atoms with Crippen LogP contribution in [0, 0.1) is 10.1 Å². The number of hydrogen-bond donors (Lipinski definition) is 0. The average molecular weight is 283 g/mol. The number of hydrogen-bond acceptors (Lipinski definition) is 6. The molecule has 1 aromatic heterocycles. The largest absolute Gasteiger partial charge is 0.394 e. The van der Waals surface area contributed by atoms with Gasteiger partial charge < -0.3 is 4.84 Å². The normalized spacial score (nSPS) is 16.8. The van der Waals surface area contributed by atoms with Gasteiger partial charge in [0.25, 0.3) is 0 Å². The van der Waals surface area contributed by atoms with E-state index < -0.39 is 4.92 Å². The van der Waals surface area contributed by atoms with Crippen LogP contribution in [0.2, 0.25) is 0 Å². The zero-order chi connectivity index (χ0) is 13.5. The number of piperidine rings is 1. The van der Waals surface area contributed by atoms with E-state index in [1.165, 1.54) is 31.5 Å². The Labute approximate surface area is 115 Å². The van der Waals surface area contributed by atoms with Gasteiger partial charge in [-0.25, -0.2) is 0 Å². The molecule has 0 N–H and O–H groups in total. The quantitative estimate of drug-likeness (QED) is 0.348. The third-order valence-corrected chi connectivity index (χ3v) is 3.97. The van der Waals surface area contributed by atoms with Crippen molar-refractivity contribution in [3.63, 3.8) is 0 Å². The molecule has 1 aliphatic heterocycles. The Hall–Kier alpha value is -1.47. The summed E-state index contributed by atoms with van der Waals surface area (Å²) in [5, 5.41) is 14.5. The minimum Gasteiger partial charge on any atom is -0.394 e. The molecule has 1 aliphatic rings. The molecule has 1 aromatic rings. The first-order valence-corrected chi connectivity index (χ1v) is 7.19. The van der Waals surface area contributed by atoms with Crippen LogP contribution in [-0.2, 0) is 4.84 Å². The molecule has 0 radical (unpaired) electrons. The highest BCUT2D eigenvalue weighted by atomic mass is 32.1. The Balaban J connectivity index is 1.66. The van der Waals surface area contributed by atoms with Crippen LogP contribution < -0.4 is 0 Å². The molecule has 0 unspecified atom stereocenters. The van der Waals surface area contributed by atoms with E-state index in [1.807, 2.05) is 0 Å². The van der Waals surface area contributed by atoms with Crippen molar-refractivity contribution >= 4 is 22.6 Å². The monoisotopic (exact) mass is 283 g/mol. The van der Waals surface area contributed by atoms with Crippen molar-refractivity contribution in [2.24, 2.45) is 5.16 Å². The van der Waals surface area contributed by atoms with Crippen molar-refractivity contribution in [2.75, 3.05) is 26.2 Å². The molecule has 0 aliphatic carbocycles. The zero-order valence-electron chi connectivity index (χ0n) is 10.7. The fourth-order valence-corrected chi connectivity index (χ4v) is 2.69. The number of nitro groups is 1. The van der Waals surface area contributed by atoms with E-state index in [1.54, 1.807) is 6.07 Å². The van der Waals surface area contributed by atoms with Crippen LogP contribution in [0.25, 0.3) is 0 Å². The van der Waals surface area contributed by atoms with Gasteiger partial charge in [-0.05, 0) is 32.0 Å². The topological polar surface area (TPSA) is 68.0 Å². The summed E-state index contributed by atoms with van der Waals surface area (Å²) in [6.45, 7) is 3.74. The minimum atomic E-state index is -0.404. The number of thiophene rings is 1. The third-order valence-electron chi connectivity index (χ3n) is 2.99. The van der Waals surface area contributed by atoms with Crippen LogP contribution >= 0.6 is 11.3 Å². The number of likely N-dealkylation sites (tertiary alicyclic amines) is 1. The fraction of sp³-hybridized carbons (Fsp3) is 0.583. The van der Waals surface area contributed by atoms with Crippen LogP contribution in [0.3, 0.4) is 0 Å². The molecule has 0 saturated carbocycles. The maximum atomic E-state index is 10.5. The Bertz CT molecular complexity index is 441. The van der Waals surface area contributed by atoms with E-state index in [-0.39, 0.29) is 5.00 Å². The van der Waals surface area contributed by atoms with Gasteiger partial charge in [-0.15, -0.1) is 0 Å². The molecule has 0 atom stereocenters. The van der Waals surface area contributed by atoms with Crippen molar-refractivity contribution in [3.05, 3.63) is 27.1 Å². The van der Waals surface area contributed by atoms with Crippen molar-refractivity contribution in [3.8, 4) is 0 Å². The summed E-state index contributed by atoms with van der Waals surface area (Å²) in [5.74, 6) is 0. The standard InChI is InChI=1S/C12H17N3O3S/c16-15(17)12-5-4-11(19-12)10-13-18-9-8-14-6-2-1-3-7-14/h4-5,10H,1-3,6-9H2/b13-10+. The van der Waals surface area contributed by atoms with Gasteiger partial charge in [-0.1, -0.05) is 22.9 Å². The van der Waals surface area contributed by atoms with Gasteiger partial charge in [0, 0.05) is 12.6 Å². The van der Waals surface area contributed by atoms with Crippen molar-refractivity contribution in [1.29, 1.82) is 0 Å². The SMILES string of the molecule is O=[N+]([O-])c1ccc(/C=N/OCCN2CCCCC2)s1. The van der Waals surface area contributed by atoms with Gasteiger partial charge >= 0.3 is 5.00 Å². The highest BCUT2D eigenvalue weighted by molar-refractivity contribution is 7.16. The molecule has 1 fully saturated rings. The average Bonchev–Trinajstić information content (AvgIpc) is 2.89. The van der Waals surface area contributed by atoms with E-state index in [9.17, 15) is 10.1 Å². The maximum absolute atomic E-state index is 10.5. The Morgan fingerprint density at radius 3 is 2.89 bits per heavy atom. The first-order chi connectivity index (χ1) is 9.25. The molecular weight excluding hydrogens is 266 g/mol. The summed E-state index contributed by atoms with van der Waals surface area (Å²) in [5.41, 5.74) is 0. The van der Waals surface area contributed by atoms with Gasteiger partial charge in [-0.3, -0.25) is 15.0 Å². The summed E-state index contributed by atoms with van der Waals surface area (Å²) in [6.07, 6.45) is 5.38.